The Hall–Kier alpha value is -2.50. The van der Waals surface area contributed by atoms with Crippen LogP contribution in [0.3, 0.4) is 0 Å². The van der Waals surface area contributed by atoms with Crippen LogP contribution < -0.4 is 10.5 Å². The van der Waals surface area contributed by atoms with E-state index in [4.69, 9.17) is 5.14 Å². The number of hydrogen-bond acceptors (Lipinski definition) is 5. The number of benzene rings is 2. The average Bonchev–Trinajstić information content (AvgIpc) is 2.91. The number of sulfonamides is 1. The number of primary sulfonamides is 1. The Kier molecular flexibility index (Phi) is 5.18. The molecule has 142 valence electrons. The Balaban J connectivity index is 1.77. The smallest absolute Gasteiger partial charge is 0.238 e. The van der Waals surface area contributed by atoms with Gasteiger partial charge in [0.2, 0.25) is 15.9 Å². The molecule has 27 heavy (non-hydrogen) atoms. The summed E-state index contributed by atoms with van der Waals surface area (Å²) >= 11 is 1.04. The summed E-state index contributed by atoms with van der Waals surface area (Å²) in [5, 5.41) is 7.73. The fourth-order valence-corrected chi connectivity index (χ4v) is 3.71. The van der Waals surface area contributed by atoms with Crippen molar-refractivity contribution in [2.75, 3.05) is 11.1 Å². The van der Waals surface area contributed by atoms with Gasteiger partial charge < -0.3 is 9.88 Å². The van der Waals surface area contributed by atoms with Crippen LogP contribution in [0, 0.1) is 11.6 Å². The topological polar surface area (TPSA) is 107 Å². The number of hydrogen-bond donors (Lipinski definition) is 2. The van der Waals surface area contributed by atoms with Gasteiger partial charge in [-0.15, -0.1) is 0 Å². The Labute approximate surface area is 157 Å². The molecule has 0 spiro atoms. The van der Waals surface area contributed by atoms with Crippen LogP contribution in [0.15, 0.2) is 46.5 Å². The van der Waals surface area contributed by atoms with Gasteiger partial charge in [0.05, 0.1) is 21.7 Å². The molecule has 0 saturated carbocycles. The molecule has 0 saturated heterocycles. The summed E-state index contributed by atoms with van der Waals surface area (Å²) in [7, 11) is -2.16. The van der Waals surface area contributed by atoms with E-state index in [1.807, 2.05) is 0 Å². The van der Waals surface area contributed by atoms with E-state index in [0.717, 1.165) is 23.9 Å². The van der Waals surface area contributed by atoms with Gasteiger partial charge >= 0.3 is 0 Å². The van der Waals surface area contributed by atoms with Crippen molar-refractivity contribution in [1.29, 1.82) is 0 Å². The Morgan fingerprint density at radius 3 is 2.56 bits per heavy atom. The van der Waals surface area contributed by atoms with Crippen molar-refractivity contribution >= 4 is 44.4 Å². The SMILES string of the molecule is Cn1c(SCC(=O)Nc2c(F)cccc2F)nc2cc(S(N)(=O)=O)ccc21. The predicted octanol–water partition coefficient (Wildman–Crippen LogP) is 2.23. The molecule has 0 aliphatic carbocycles. The third kappa shape index (κ3) is 4.10. The lowest BCUT2D eigenvalue weighted by atomic mass is 10.3. The minimum atomic E-state index is -3.86. The number of aromatic nitrogens is 2. The molecule has 2 aromatic carbocycles. The lowest BCUT2D eigenvalue weighted by Crippen LogP contribution is -2.16. The third-order valence-corrected chi connectivity index (χ3v) is 5.64. The van der Waals surface area contributed by atoms with Crippen LogP contribution in [0.1, 0.15) is 0 Å². The van der Waals surface area contributed by atoms with Gasteiger partial charge in [0.15, 0.2) is 5.16 Å². The van der Waals surface area contributed by atoms with Crippen LogP contribution in [0.2, 0.25) is 0 Å². The minimum Gasteiger partial charge on any atom is -0.322 e. The summed E-state index contributed by atoms with van der Waals surface area (Å²) in [5.41, 5.74) is 0.531. The number of anilines is 1. The number of halogens is 2. The van der Waals surface area contributed by atoms with E-state index < -0.39 is 33.3 Å². The molecule has 0 aliphatic rings. The number of para-hydroxylation sites is 1. The highest BCUT2D eigenvalue weighted by molar-refractivity contribution is 7.99. The van der Waals surface area contributed by atoms with E-state index in [2.05, 4.69) is 10.3 Å². The molecule has 0 unspecified atom stereocenters. The number of imidazole rings is 1. The second-order valence-electron chi connectivity index (χ2n) is 5.58. The molecule has 1 aromatic heterocycles. The monoisotopic (exact) mass is 412 g/mol. The van der Waals surface area contributed by atoms with Gasteiger partial charge in [0.1, 0.15) is 17.3 Å². The van der Waals surface area contributed by atoms with E-state index >= 15 is 0 Å². The second-order valence-corrected chi connectivity index (χ2v) is 8.09. The van der Waals surface area contributed by atoms with Crippen molar-refractivity contribution in [1.82, 2.24) is 9.55 Å². The fraction of sp³-hybridized carbons (Fsp3) is 0.125. The molecule has 0 atom stereocenters. The molecule has 3 N–H and O–H groups in total. The van der Waals surface area contributed by atoms with E-state index in [0.29, 0.717) is 16.2 Å². The summed E-state index contributed by atoms with van der Waals surface area (Å²) in [6.07, 6.45) is 0. The quantitative estimate of drug-likeness (QED) is 0.625. The molecule has 0 bridgehead atoms. The van der Waals surface area contributed by atoms with Crippen LogP contribution in [-0.2, 0) is 21.9 Å². The highest BCUT2D eigenvalue weighted by Gasteiger charge is 2.16. The number of thioether (sulfide) groups is 1. The zero-order valence-electron chi connectivity index (χ0n) is 13.9. The van der Waals surface area contributed by atoms with Crippen molar-refractivity contribution in [2.45, 2.75) is 10.1 Å². The van der Waals surface area contributed by atoms with Gasteiger partial charge in [0, 0.05) is 7.05 Å². The van der Waals surface area contributed by atoms with Crippen LogP contribution in [0.25, 0.3) is 11.0 Å². The average molecular weight is 412 g/mol. The molecule has 3 aromatic rings. The molecule has 1 heterocycles. The first kappa shape index (κ1) is 19.3. The maximum atomic E-state index is 13.6. The predicted molar refractivity (Wildman–Crippen MR) is 97.8 cm³/mol. The van der Waals surface area contributed by atoms with Gasteiger partial charge in [-0.1, -0.05) is 17.8 Å². The fourth-order valence-electron chi connectivity index (χ4n) is 2.39. The molecule has 0 aliphatic heterocycles. The zero-order chi connectivity index (χ0) is 19.8. The van der Waals surface area contributed by atoms with Crippen molar-refractivity contribution in [3.63, 3.8) is 0 Å². The maximum absolute atomic E-state index is 13.6. The van der Waals surface area contributed by atoms with Crippen molar-refractivity contribution in [3.8, 4) is 0 Å². The first-order valence-corrected chi connectivity index (χ1v) is 10.1. The first-order valence-electron chi connectivity index (χ1n) is 7.53. The summed E-state index contributed by atoms with van der Waals surface area (Å²) in [4.78, 5) is 16.2. The lowest BCUT2D eigenvalue weighted by Gasteiger charge is -2.07. The number of fused-ring (bicyclic) bond motifs is 1. The lowest BCUT2D eigenvalue weighted by molar-refractivity contribution is -0.113. The molecule has 7 nitrogen and oxygen atoms in total. The molecule has 0 fully saturated rings. The van der Waals surface area contributed by atoms with Gasteiger partial charge in [-0.2, -0.15) is 0 Å². The van der Waals surface area contributed by atoms with Crippen molar-refractivity contribution in [3.05, 3.63) is 48.0 Å². The van der Waals surface area contributed by atoms with Gasteiger partial charge in [0.25, 0.3) is 0 Å². The van der Waals surface area contributed by atoms with Crippen LogP contribution >= 0.6 is 11.8 Å². The summed E-state index contributed by atoms with van der Waals surface area (Å²) in [5.74, 6) is -2.49. The molecular weight excluding hydrogens is 398 g/mol. The highest BCUT2D eigenvalue weighted by atomic mass is 32.2. The number of aryl methyl sites for hydroxylation is 1. The van der Waals surface area contributed by atoms with Crippen LogP contribution in [0.4, 0.5) is 14.5 Å². The van der Waals surface area contributed by atoms with E-state index in [1.165, 1.54) is 18.2 Å². The van der Waals surface area contributed by atoms with E-state index in [-0.39, 0.29) is 10.6 Å². The number of nitrogens with one attached hydrogen (secondary N) is 1. The largest absolute Gasteiger partial charge is 0.322 e. The second kappa shape index (κ2) is 7.25. The van der Waals surface area contributed by atoms with Gasteiger partial charge in [-0.05, 0) is 30.3 Å². The zero-order valence-corrected chi connectivity index (χ0v) is 15.6. The van der Waals surface area contributed by atoms with Crippen molar-refractivity contribution in [2.24, 2.45) is 12.2 Å². The Bertz CT molecular complexity index is 1130. The molecular formula is C16H14F2N4O3S2. The van der Waals surface area contributed by atoms with Crippen molar-refractivity contribution < 1.29 is 22.0 Å². The van der Waals surface area contributed by atoms with Gasteiger partial charge in [-0.3, -0.25) is 4.79 Å². The van der Waals surface area contributed by atoms with Crippen LogP contribution in [-0.4, -0.2) is 29.6 Å². The Morgan fingerprint density at radius 2 is 1.93 bits per heavy atom. The summed E-state index contributed by atoms with van der Waals surface area (Å²) in [6, 6.07) is 7.54. The number of nitrogens with two attached hydrogens (primary N) is 1. The first-order chi connectivity index (χ1) is 12.7. The standard InChI is InChI=1S/C16H14F2N4O3S2/c1-22-13-6-5-9(27(19,24)25)7-12(13)20-16(22)26-8-14(23)21-15-10(17)3-2-4-11(15)18/h2-7H,8H2,1H3,(H,21,23)(H2,19,24,25). The molecule has 3 rings (SSSR count). The number of rotatable bonds is 5. The molecule has 11 heteroatoms. The summed E-state index contributed by atoms with van der Waals surface area (Å²) in [6.45, 7) is 0. The Morgan fingerprint density at radius 1 is 1.26 bits per heavy atom. The molecule has 0 radical (unpaired) electrons. The van der Waals surface area contributed by atoms with E-state index in [1.54, 1.807) is 17.7 Å². The maximum Gasteiger partial charge on any atom is 0.238 e. The van der Waals surface area contributed by atoms with E-state index in [9.17, 15) is 22.0 Å². The molecule has 1 amide bonds. The number of carbonyl (C=O) groups is 1. The van der Waals surface area contributed by atoms with Gasteiger partial charge in [-0.25, -0.2) is 27.3 Å². The normalized spacial score (nSPS) is 11.7. The minimum absolute atomic E-state index is 0.0718. The van der Waals surface area contributed by atoms with Crippen LogP contribution in [0.5, 0.6) is 0 Å². The number of carbonyl (C=O) groups excluding carboxylic acids is 1. The number of amides is 1. The third-order valence-electron chi connectivity index (χ3n) is 3.70. The highest BCUT2D eigenvalue weighted by Crippen LogP contribution is 2.25. The summed E-state index contributed by atoms with van der Waals surface area (Å²) < 4.78 is 51.7. The number of nitrogens with zero attached hydrogens (tertiary/aromatic N) is 2.